The summed E-state index contributed by atoms with van der Waals surface area (Å²) in [6, 6.07) is 1.34. The number of rotatable bonds is 3. The Bertz CT molecular complexity index is 370. The molecule has 0 aliphatic rings. The van der Waals surface area contributed by atoms with Crippen molar-refractivity contribution in [3.63, 3.8) is 0 Å². The summed E-state index contributed by atoms with van der Waals surface area (Å²) >= 11 is 4.99. The maximum atomic E-state index is 11.6. The van der Waals surface area contributed by atoms with Crippen LogP contribution in [0.1, 0.15) is 25.6 Å². The van der Waals surface area contributed by atoms with E-state index in [0.29, 0.717) is 6.42 Å². The number of nitrogens with two attached hydrogens (primary N) is 1. The summed E-state index contributed by atoms with van der Waals surface area (Å²) in [6.07, 6.45) is 0.507. The van der Waals surface area contributed by atoms with E-state index in [2.05, 4.69) is 15.9 Å². The Labute approximate surface area is 108 Å². The molecule has 0 fully saturated rings. The molecule has 0 aromatic carbocycles. The highest BCUT2D eigenvalue weighted by atomic mass is 79.9. The summed E-state index contributed by atoms with van der Waals surface area (Å²) in [7, 11) is 0. The van der Waals surface area contributed by atoms with E-state index < -0.39 is 11.6 Å². The molecule has 0 aliphatic heterocycles. The van der Waals surface area contributed by atoms with Gasteiger partial charge in [-0.25, -0.2) is 0 Å². The van der Waals surface area contributed by atoms with Crippen molar-refractivity contribution >= 4 is 33.2 Å². The fraction of sp³-hybridized carbons (Fsp3) is 0.545. The number of thiophene rings is 1. The SMILES string of the molecule is CC(C)(C)OC(=O)[C@@H](N)Cc1sccc1Br. The van der Waals surface area contributed by atoms with Crippen LogP contribution in [0.3, 0.4) is 0 Å². The predicted molar refractivity (Wildman–Crippen MR) is 69.5 cm³/mol. The summed E-state index contributed by atoms with van der Waals surface area (Å²) in [5.41, 5.74) is 5.31. The van der Waals surface area contributed by atoms with Crippen molar-refractivity contribution in [3.8, 4) is 0 Å². The zero-order valence-electron chi connectivity index (χ0n) is 9.62. The molecule has 3 nitrogen and oxygen atoms in total. The molecular weight excluding hydrogens is 290 g/mol. The summed E-state index contributed by atoms with van der Waals surface area (Å²) in [4.78, 5) is 12.7. The molecule has 0 saturated carbocycles. The predicted octanol–water partition coefficient (Wildman–Crippen LogP) is 2.72. The maximum absolute atomic E-state index is 11.6. The van der Waals surface area contributed by atoms with E-state index in [1.54, 1.807) is 11.3 Å². The van der Waals surface area contributed by atoms with Gasteiger partial charge in [0, 0.05) is 15.8 Å². The van der Waals surface area contributed by atoms with Crippen molar-refractivity contribution in [2.24, 2.45) is 5.73 Å². The van der Waals surface area contributed by atoms with Crippen LogP contribution in [-0.4, -0.2) is 17.6 Å². The average molecular weight is 306 g/mol. The average Bonchev–Trinajstić information content (AvgIpc) is 2.49. The van der Waals surface area contributed by atoms with E-state index in [0.717, 1.165) is 9.35 Å². The zero-order valence-corrected chi connectivity index (χ0v) is 12.0. The molecule has 0 saturated heterocycles. The Morgan fingerprint density at radius 1 is 1.62 bits per heavy atom. The first-order chi connectivity index (χ1) is 7.29. The quantitative estimate of drug-likeness (QED) is 0.874. The van der Waals surface area contributed by atoms with Crippen LogP contribution in [0.25, 0.3) is 0 Å². The van der Waals surface area contributed by atoms with Gasteiger partial charge in [0.2, 0.25) is 0 Å². The van der Waals surface area contributed by atoms with Gasteiger partial charge in [-0.1, -0.05) is 0 Å². The molecule has 90 valence electrons. The molecule has 1 rings (SSSR count). The molecule has 1 heterocycles. The van der Waals surface area contributed by atoms with Crippen molar-refractivity contribution in [2.75, 3.05) is 0 Å². The van der Waals surface area contributed by atoms with Crippen molar-refractivity contribution in [2.45, 2.75) is 38.8 Å². The third-order valence-corrected chi connectivity index (χ3v) is 3.75. The molecule has 0 spiro atoms. The molecule has 0 bridgehead atoms. The van der Waals surface area contributed by atoms with E-state index in [-0.39, 0.29) is 5.97 Å². The number of ether oxygens (including phenoxy) is 1. The van der Waals surface area contributed by atoms with Crippen LogP contribution in [0.5, 0.6) is 0 Å². The molecule has 0 radical (unpaired) electrons. The first-order valence-corrected chi connectivity index (χ1v) is 6.67. The summed E-state index contributed by atoms with van der Waals surface area (Å²) in [5.74, 6) is -0.354. The van der Waals surface area contributed by atoms with E-state index in [1.165, 1.54) is 0 Å². The second-order valence-corrected chi connectivity index (χ2v) is 6.39. The van der Waals surface area contributed by atoms with Crippen molar-refractivity contribution in [3.05, 3.63) is 20.8 Å². The van der Waals surface area contributed by atoms with Crippen LogP contribution >= 0.6 is 27.3 Å². The second kappa shape index (κ2) is 5.29. The fourth-order valence-electron chi connectivity index (χ4n) is 1.13. The summed E-state index contributed by atoms with van der Waals surface area (Å²) in [6.45, 7) is 5.50. The van der Waals surface area contributed by atoms with E-state index in [1.807, 2.05) is 32.2 Å². The Hall–Kier alpha value is -0.390. The number of hydrogen-bond donors (Lipinski definition) is 1. The highest BCUT2D eigenvalue weighted by Gasteiger charge is 2.23. The minimum absolute atomic E-state index is 0.354. The van der Waals surface area contributed by atoms with Crippen LogP contribution in [0, 0.1) is 0 Å². The number of hydrogen-bond acceptors (Lipinski definition) is 4. The molecule has 1 aromatic rings. The molecule has 1 atom stereocenters. The standard InChI is InChI=1S/C11H16BrNO2S/c1-11(2,3)15-10(14)8(13)6-9-7(12)4-5-16-9/h4-5,8H,6,13H2,1-3H3/t8-/m0/s1. The van der Waals surface area contributed by atoms with Gasteiger partial charge in [0.15, 0.2) is 0 Å². The number of carbonyl (C=O) groups excluding carboxylic acids is 1. The molecule has 0 unspecified atom stereocenters. The smallest absolute Gasteiger partial charge is 0.323 e. The minimum Gasteiger partial charge on any atom is -0.459 e. The van der Waals surface area contributed by atoms with E-state index in [4.69, 9.17) is 10.5 Å². The van der Waals surface area contributed by atoms with Crippen LogP contribution in [0.2, 0.25) is 0 Å². The van der Waals surface area contributed by atoms with Gasteiger partial charge in [-0.2, -0.15) is 0 Å². The van der Waals surface area contributed by atoms with Crippen LogP contribution < -0.4 is 5.73 Å². The van der Waals surface area contributed by atoms with E-state index in [9.17, 15) is 4.79 Å². The maximum Gasteiger partial charge on any atom is 0.323 e. The van der Waals surface area contributed by atoms with Gasteiger partial charge in [0.05, 0.1) is 0 Å². The van der Waals surface area contributed by atoms with Gasteiger partial charge >= 0.3 is 5.97 Å². The molecule has 1 aromatic heterocycles. The topological polar surface area (TPSA) is 52.3 Å². The molecule has 0 aliphatic carbocycles. The summed E-state index contributed by atoms with van der Waals surface area (Å²) < 4.78 is 6.21. The molecular formula is C11H16BrNO2S. The first kappa shape index (κ1) is 13.7. The summed E-state index contributed by atoms with van der Waals surface area (Å²) in [5, 5.41) is 1.96. The van der Waals surface area contributed by atoms with Gasteiger partial charge < -0.3 is 10.5 Å². The number of halogens is 1. The fourth-order valence-corrected chi connectivity index (χ4v) is 2.71. The Kier molecular flexibility index (Phi) is 4.52. The van der Waals surface area contributed by atoms with E-state index >= 15 is 0 Å². The van der Waals surface area contributed by atoms with Gasteiger partial charge in [0.25, 0.3) is 0 Å². The lowest BCUT2D eigenvalue weighted by atomic mass is 10.1. The largest absolute Gasteiger partial charge is 0.459 e. The van der Waals surface area contributed by atoms with Crippen LogP contribution in [0.15, 0.2) is 15.9 Å². The third-order valence-electron chi connectivity index (χ3n) is 1.81. The minimum atomic E-state index is -0.603. The number of carbonyl (C=O) groups is 1. The van der Waals surface area contributed by atoms with Crippen molar-refractivity contribution in [1.82, 2.24) is 0 Å². The Balaban J connectivity index is 2.56. The molecule has 0 amide bonds. The zero-order chi connectivity index (χ0) is 12.3. The molecule has 16 heavy (non-hydrogen) atoms. The highest BCUT2D eigenvalue weighted by Crippen LogP contribution is 2.24. The van der Waals surface area contributed by atoms with Gasteiger partial charge in [-0.05, 0) is 48.1 Å². The lowest BCUT2D eigenvalue weighted by Gasteiger charge is -2.22. The lowest BCUT2D eigenvalue weighted by Crippen LogP contribution is -2.38. The first-order valence-electron chi connectivity index (χ1n) is 5.00. The lowest BCUT2D eigenvalue weighted by molar-refractivity contribution is -0.156. The second-order valence-electron chi connectivity index (χ2n) is 4.54. The Morgan fingerprint density at radius 3 is 2.69 bits per heavy atom. The normalized spacial score (nSPS) is 13.6. The molecule has 5 heteroatoms. The van der Waals surface area contributed by atoms with Crippen LogP contribution in [0.4, 0.5) is 0 Å². The number of esters is 1. The van der Waals surface area contributed by atoms with Crippen molar-refractivity contribution in [1.29, 1.82) is 0 Å². The van der Waals surface area contributed by atoms with Crippen LogP contribution in [-0.2, 0) is 16.0 Å². The monoisotopic (exact) mass is 305 g/mol. The molecule has 2 N–H and O–H groups in total. The third kappa shape index (κ3) is 4.23. The Morgan fingerprint density at radius 2 is 2.25 bits per heavy atom. The van der Waals surface area contributed by atoms with Crippen molar-refractivity contribution < 1.29 is 9.53 Å². The van der Waals surface area contributed by atoms with Gasteiger partial charge in [-0.3, -0.25) is 4.79 Å². The van der Waals surface area contributed by atoms with Gasteiger partial charge in [-0.15, -0.1) is 11.3 Å². The highest BCUT2D eigenvalue weighted by molar-refractivity contribution is 9.10. The van der Waals surface area contributed by atoms with Gasteiger partial charge in [0.1, 0.15) is 11.6 Å².